The van der Waals surface area contributed by atoms with Gasteiger partial charge in [0.25, 0.3) is 0 Å². The van der Waals surface area contributed by atoms with Crippen LogP contribution in [0.5, 0.6) is 0 Å². The van der Waals surface area contributed by atoms with E-state index in [2.05, 4.69) is 0 Å². The lowest BCUT2D eigenvalue weighted by molar-refractivity contribution is 0.0526. The summed E-state index contributed by atoms with van der Waals surface area (Å²) in [6, 6.07) is 14.7. The van der Waals surface area contributed by atoms with Crippen LogP contribution >= 0.6 is 0 Å². The van der Waals surface area contributed by atoms with E-state index in [-0.39, 0.29) is 17.3 Å². The van der Waals surface area contributed by atoms with E-state index in [4.69, 9.17) is 4.74 Å². The number of carbonyl (C=O) groups is 2. The molecule has 1 saturated heterocycles. The van der Waals surface area contributed by atoms with Crippen molar-refractivity contribution in [3.8, 4) is 0 Å². The lowest BCUT2D eigenvalue weighted by Gasteiger charge is -2.33. The van der Waals surface area contributed by atoms with Crippen LogP contribution in [0.4, 0.5) is 0 Å². The number of rotatable bonds is 7. The Balaban J connectivity index is 1.59. The molecule has 0 N–H and O–H groups in total. The van der Waals surface area contributed by atoms with Gasteiger partial charge < -0.3 is 9.64 Å². The molecule has 1 aliphatic heterocycles. The van der Waals surface area contributed by atoms with Crippen molar-refractivity contribution in [2.45, 2.75) is 11.8 Å². The minimum atomic E-state index is -3.65. The molecule has 0 atom stereocenters. The highest BCUT2D eigenvalue weighted by molar-refractivity contribution is 7.89. The van der Waals surface area contributed by atoms with Crippen LogP contribution in [0.1, 0.15) is 27.6 Å². The molecule has 30 heavy (non-hydrogen) atoms. The first-order chi connectivity index (χ1) is 14.4. The number of esters is 1. The van der Waals surface area contributed by atoms with Gasteiger partial charge in [-0.1, -0.05) is 30.3 Å². The minimum absolute atomic E-state index is 0.0904. The topological polar surface area (TPSA) is 84.0 Å². The lowest BCUT2D eigenvalue weighted by Crippen LogP contribution is -2.46. The van der Waals surface area contributed by atoms with E-state index in [0.29, 0.717) is 37.3 Å². The molecule has 2 aromatic carbocycles. The van der Waals surface area contributed by atoms with E-state index in [9.17, 15) is 18.0 Å². The second-order valence-electron chi connectivity index (χ2n) is 6.73. The lowest BCUT2D eigenvalue weighted by atomic mass is 10.1. The molecule has 1 fully saturated rings. The summed E-state index contributed by atoms with van der Waals surface area (Å²) in [5, 5.41) is 0. The summed E-state index contributed by atoms with van der Waals surface area (Å²) in [7, 11) is -3.65. The van der Waals surface area contributed by atoms with Gasteiger partial charge in [-0.15, -0.1) is 0 Å². The third kappa shape index (κ3) is 5.14. The van der Waals surface area contributed by atoms with Gasteiger partial charge in [0.1, 0.15) is 0 Å². The van der Waals surface area contributed by atoms with E-state index < -0.39 is 16.0 Å². The summed E-state index contributed by atoms with van der Waals surface area (Å²) in [6.45, 7) is 3.56. The van der Waals surface area contributed by atoms with E-state index in [1.807, 2.05) is 23.1 Å². The van der Waals surface area contributed by atoms with Crippen LogP contribution in [0, 0.1) is 0 Å². The third-order valence-electron chi connectivity index (χ3n) is 4.77. The quantitative estimate of drug-likeness (QED) is 0.383. The second kappa shape index (κ2) is 9.69. The summed E-state index contributed by atoms with van der Waals surface area (Å²) in [5.41, 5.74) is 0.926. The van der Waals surface area contributed by atoms with Crippen molar-refractivity contribution < 1.29 is 22.7 Å². The Kier molecular flexibility index (Phi) is 7.02. The number of allylic oxidation sites excluding steroid dienone is 1. The smallest absolute Gasteiger partial charge is 0.338 e. The van der Waals surface area contributed by atoms with Crippen LogP contribution in [-0.2, 0) is 14.8 Å². The first-order valence-electron chi connectivity index (χ1n) is 9.71. The van der Waals surface area contributed by atoms with E-state index in [1.165, 1.54) is 34.6 Å². The van der Waals surface area contributed by atoms with Gasteiger partial charge in [0.2, 0.25) is 10.0 Å². The highest BCUT2D eigenvalue weighted by Crippen LogP contribution is 2.19. The maximum Gasteiger partial charge on any atom is 0.338 e. The molecule has 0 radical (unpaired) electrons. The molecule has 0 unspecified atom stereocenters. The van der Waals surface area contributed by atoms with Gasteiger partial charge in [0.05, 0.1) is 17.1 Å². The number of hydrogen-bond acceptors (Lipinski definition) is 6. The average Bonchev–Trinajstić information content (AvgIpc) is 2.78. The van der Waals surface area contributed by atoms with Crippen molar-refractivity contribution in [3.63, 3.8) is 0 Å². The van der Waals surface area contributed by atoms with Crippen LogP contribution < -0.4 is 0 Å². The third-order valence-corrected chi connectivity index (χ3v) is 6.68. The van der Waals surface area contributed by atoms with Gasteiger partial charge in [-0.25, -0.2) is 13.2 Å². The number of carbonyl (C=O) groups excluding carboxylic acids is 2. The standard InChI is InChI=1S/C22H24N2O5S/c1-2-29-22(26)19-8-10-20(11-9-19)30(27,28)24-16-14-23(15-17-24)13-12-21(25)18-6-4-3-5-7-18/h3-13H,2,14-17H2,1H3/b13-12+. The maximum absolute atomic E-state index is 12.9. The summed E-state index contributed by atoms with van der Waals surface area (Å²) in [5.74, 6) is -0.570. The summed E-state index contributed by atoms with van der Waals surface area (Å²) < 4.78 is 32.1. The van der Waals surface area contributed by atoms with Gasteiger partial charge in [-0.05, 0) is 31.2 Å². The predicted octanol–water partition coefficient (Wildman–Crippen LogP) is 2.57. The van der Waals surface area contributed by atoms with Crippen molar-refractivity contribution in [3.05, 3.63) is 78.0 Å². The number of ketones is 1. The molecular formula is C22H24N2O5S. The van der Waals surface area contributed by atoms with Crippen LogP contribution in [-0.4, -0.2) is 62.2 Å². The fourth-order valence-electron chi connectivity index (χ4n) is 3.09. The first-order valence-corrected chi connectivity index (χ1v) is 11.1. The zero-order valence-electron chi connectivity index (χ0n) is 16.7. The van der Waals surface area contributed by atoms with Crippen molar-refractivity contribution in [1.82, 2.24) is 9.21 Å². The van der Waals surface area contributed by atoms with Gasteiger partial charge >= 0.3 is 5.97 Å². The molecule has 7 nitrogen and oxygen atoms in total. The molecule has 3 rings (SSSR count). The van der Waals surface area contributed by atoms with Crippen LogP contribution in [0.25, 0.3) is 0 Å². The number of hydrogen-bond donors (Lipinski definition) is 0. The zero-order chi connectivity index (χ0) is 21.6. The van der Waals surface area contributed by atoms with Gasteiger partial charge in [-0.2, -0.15) is 4.31 Å². The molecule has 0 saturated carbocycles. The molecule has 0 aromatic heterocycles. The molecule has 2 aromatic rings. The Morgan fingerprint density at radius 1 is 0.933 bits per heavy atom. The molecule has 1 aliphatic rings. The molecule has 0 spiro atoms. The minimum Gasteiger partial charge on any atom is -0.462 e. The van der Waals surface area contributed by atoms with Crippen LogP contribution in [0.15, 0.2) is 71.8 Å². The van der Waals surface area contributed by atoms with Crippen molar-refractivity contribution in [1.29, 1.82) is 0 Å². The Morgan fingerprint density at radius 2 is 1.57 bits per heavy atom. The molecule has 158 valence electrons. The Morgan fingerprint density at radius 3 is 2.17 bits per heavy atom. The Bertz CT molecular complexity index is 1010. The average molecular weight is 429 g/mol. The van der Waals surface area contributed by atoms with Crippen LogP contribution in [0.3, 0.4) is 0 Å². The first kappa shape index (κ1) is 21.7. The SMILES string of the molecule is CCOC(=O)c1ccc(S(=O)(=O)N2CCN(/C=C/C(=O)c3ccccc3)CC2)cc1. The van der Waals surface area contributed by atoms with Crippen molar-refractivity contribution in [2.75, 3.05) is 32.8 Å². The maximum atomic E-state index is 12.9. The van der Waals surface area contributed by atoms with E-state index in [1.54, 1.807) is 25.3 Å². The summed E-state index contributed by atoms with van der Waals surface area (Å²) in [6.07, 6.45) is 3.22. The number of nitrogens with zero attached hydrogens (tertiary/aromatic N) is 2. The second-order valence-corrected chi connectivity index (χ2v) is 8.67. The van der Waals surface area contributed by atoms with Crippen LogP contribution in [0.2, 0.25) is 0 Å². The molecule has 0 bridgehead atoms. The highest BCUT2D eigenvalue weighted by Gasteiger charge is 2.28. The number of benzene rings is 2. The van der Waals surface area contributed by atoms with E-state index >= 15 is 0 Å². The van der Waals surface area contributed by atoms with Gasteiger partial charge in [0.15, 0.2) is 5.78 Å². The van der Waals surface area contributed by atoms with E-state index in [0.717, 1.165) is 0 Å². The molecular weight excluding hydrogens is 404 g/mol. The molecule has 1 heterocycles. The normalized spacial score (nSPS) is 15.3. The number of sulfonamides is 1. The molecule has 0 aliphatic carbocycles. The van der Waals surface area contributed by atoms with Gasteiger partial charge in [0, 0.05) is 44.0 Å². The Hall–Kier alpha value is -2.97. The molecule has 0 amide bonds. The Labute approximate surface area is 176 Å². The van der Waals surface area contributed by atoms with Crippen molar-refractivity contribution >= 4 is 21.8 Å². The zero-order valence-corrected chi connectivity index (χ0v) is 17.5. The fourth-order valence-corrected chi connectivity index (χ4v) is 4.51. The largest absolute Gasteiger partial charge is 0.462 e. The fraction of sp³-hybridized carbons (Fsp3) is 0.273. The number of piperazine rings is 1. The summed E-state index contributed by atoms with van der Waals surface area (Å²) >= 11 is 0. The van der Waals surface area contributed by atoms with Gasteiger partial charge in [-0.3, -0.25) is 4.79 Å². The molecule has 8 heteroatoms. The summed E-state index contributed by atoms with van der Waals surface area (Å²) in [4.78, 5) is 26.0. The predicted molar refractivity (Wildman–Crippen MR) is 113 cm³/mol. The van der Waals surface area contributed by atoms with Crippen molar-refractivity contribution in [2.24, 2.45) is 0 Å². The highest BCUT2D eigenvalue weighted by atomic mass is 32.2. The number of ether oxygens (including phenoxy) is 1. The monoisotopic (exact) mass is 428 g/mol.